The predicted octanol–water partition coefficient (Wildman–Crippen LogP) is 4.62. The van der Waals surface area contributed by atoms with Crippen LogP contribution in [-0.2, 0) is 0 Å². The van der Waals surface area contributed by atoms with E-state index in [-0.39, 0.29) is 11.9 Å². The Bertz CT molecular complexity index is 534. The Hall–Kier alpha value is -0.770. The molecule has 1 N–H and O–H groups in total. The summed E-state index contributed by atoms with van der Waals surface area (Å²) in [6.07, 6.45) is 3.30. The number of amides is 1. The molecule has 0 bridgehead atoms. The fraction of sp³-hybridized carbons (Fsp3) is 0.611. The van der Waals surface area contributed by atoms with E-state index in [1.807, 2.05) is 0 Å². The monoisotopic (exact) mass is 356 g/mol. The largest absolute Gasteiger partial charge is 0.348 e. The highest BCUT2D eigenvalue weighted by molar-refractivity contribution is 6.35. The summed E-state index contributed by atoms with van der Waals surface area (Å²) in [5.41, 5.74) is 0.864. The molecule has 0 radical (unpaired) electrons. The lowest BCUT2D eigenvalue weighted by molar-refractivity contribution is 0.0897. The Balaban J connectivity index is 1.90. The average Bonchev–Trinajstić information content (AvgIpc) is 2.44. The van der Waals surface area contributed by atoms with Crippen molar-refractivity contribution >= 4 is 29.1 Å². The van der Waals surface area contributed by atoms with Crippen LogP contribution >= 0.6 is 23.2 Å². The zero-order chi connectivity index (χ0) is 17.0. The molecule has 1 aromatic carbocycles. The highest BCUT2D eigenvalue weighted by atomic mass is 35.5. The summed E-state index contributed by atoms with van der Waals surface area (Å²) in [5, 5.41) is 4.09. The summed E-state index contributed by atoms with van der Waals surface area (Å²) in [7, 11) is 0. The summed E-state index contributed by atoms with van der Waals surface area (Å²) >= 11 is 11.9. The number of hydrogen-bond donors (Lipinski definition) is 1. The molecule has 1 fully saturated rings. The van der Waals surface area contributed by atoms with Crippen LogP contribution in [0.1, 0.15) is 50.4 Å². The van der Waals surface area contributed by atoms with Gasteiger partial charge < -0.3 is 10.2 Å². The van der Waals surface area contributed by atoms with Gasteiger partial charge in [-0.05, 0) is 56.0 Å². The standard InChI is InChI=1S/C18H26Cl2N2O/c1-18(2,3)6-8-22-7-4-5-16(12-22)21-17(23)13-9-14(19)11-15(20)10-13/h9-11,16H,4-8,12H2,1-3H3,(H,21,23)/t16-/m0/s1. The van der Waals surface area contributed by atoms with Crippen LogP contribution in [0.3, 0.4) is 0 Å². The maximum Gasteiger partial charge on any atom is 0.251 e. The fourth-order valence-electron chi connectivity index (χ4n) is 2.82. The first-order valence-corrected chi connectivity index (χ1v) is 8.98. The Kier molecular flexibility index (Phi) is 6.35. The first-order chi connectivity index (χ1) is 10.7. The number of likely N-dealkylation sites (tertiary alicyclic amines) is 1. The van der Waals surface area contributed by atoms with Gasteiger partial charge in [-0.15, -0.1) is 0 Å². The van der Waals surface area contributed by atoms with E-state index in [1.165, 1.54) is 0 Å². The highest BCUT2D eigenvalue weighted by Gasteiger charge is 2.23. The molecule has 0 aromatic heterocycles. The Morgan fingerprint density at radius 2 is 1.91 bits per heavy atom. The predicted molar refractivity (Wildman–Crippen MR) is 97.5 cm³/mol. The molecule has 1 aromatic rings. The van der Waals surface area contributed by atoms with E-state index in [0.717, 1.165) is 38.9 Å². The van der Waals surface area contributed by atoms with Crippen molar-refractivity contribution < 1.29 is 4.79 Å². The van der Waals surface area contributed by atoms with E-state index in [1.54, 1.807) is 18.2 Å². The number of carbonyl (C=O) groups excluding carboxylic acids is 1. The average molecular weight is 357 g/mol. The Labute approximate surface area is 149 Å². The minimum absolute atomic E-state index is 0.0999. The van der Waals surface area contributed by atoms with E-state index in [0.29, 0.717) is 21.0 Å². The van der Waals surface area contributed by atoms with Gasteiger partial charge in [0.25, 0.3) is 5.91 Å². The third kappa shape index (κ3) is 6.33. The van der Waals surface area contributed by atoms with Crippen molar-refractivity contribution in [1.29, 1.82) is 0 Å². The lowest BCUT2D eigenvalue weighted by atomic mass is 9.91. The van der Waals surface area contributed by atoms with Gasteiger partial charge in [0.1, 0.15) is 0 Å². The van der Waals surface area contributed by atoms with Gasteiger partial charge in [0.2, 0.25) is 0 Å². The molecule has 0 saturated carbocycles. The van der Waals surface area contributed by atoms with Crippen LogP contribution in [-0.4, -0.2) is 36.5 Å². The third-order valence-electron chi connectivity index (χ3n) is 4.14. The molecule has 1 amide bonds. The second-order valence-electron chi connectivity index (χ2n) is 7.58. The first-order valence-electron chi connectivity index (χ1n) is 8.22. The van der Waals surface area contributed by atoms with Crippen molar-refractivity contribution in [2.75, 3.05) is 19.6 Å². The van der Waals surface area contributed by atoms with Crippen molar-refractivity contribution in [3.05, 3.63) is 33.8 Å². The minimum Gasteiger partial charge on any atom is -0.348 e. The van der Waals surface area contributed by atoms with Crippen LogP contribution in [0.4, 0.5) is 0 Å². The molecule has 1 aliphatic heterocycles. The second-order valence-corrected chi connectivity index (χ2v) is 8.45. The van der Waals surface area contributed by atoms with E-state index in [2.05, 4.69) is 31.0 Å². The summed E-state index contributed by atoms with van der Waals surface area (Å²) in [6, 6.07) is 5.13. The van der Waals surface area contributed by atoms with Gasteiger partial charge in [-0.3, -0.25) is 4.79 Å². The number of nitrogens with one attached hydrogen (secondary N) is 1. The molecule has 1 aliphatic rings. The molecule has 5 heteroatoms. The molecule has 0 unspecified atom stereocenters. The van der Waals surface area contributed by atoms with E-state index < -0.39 is 0 Å². The lowest BCUT2D eigenvalue weighted by Gasteiger charge is -2.34. The first kappa shape index (κ1) is 18.6. The molecule has 3 nitrogen and oxygen atoms in total. The molecular formula is C18H26Cl2N2O. The molecular weight excluding hydrogens is 331 g/mol. The van der Waals surface area contributed by atoms with E-state index in [4.69, 9.17) is 23.2 Å². The van der Waals surface area contributed by atoms with Crippen molar-refractivity contribution in [3.63, 3.8) is 0 Å². The second kappa shape index (κ2) is 7.87. The van der Waals surface area contributed by atoms with Gasteiger partial charge in [-0.2, -0.15) is 0 Å². The molecule has 0 spiro atoms. The Morgan fingerprint density at radius 1 is 1.26 bits per heavy atom. The topological polar surface area (TPSA) is 32.3 Å². The number of nitrogens with zero attached hydrogens (tertiary/aromatic N) is 1. The van der Waals surface area contributed by atoms with Crippen molar-refractivity contribution in [1.82, 2.24) is 10.2 Å². The number of halogens is 2. The van der Waals surface area contributed by atoms with Gasteiger partial charge in [0.05, 0.1) is 0 Å². The number of benzene rings is 1. The smallest absolute Gasteiger partial charge is 0.251 e. The molecule has 23 heavy (non-hydrogen) atoms. The molecule has 128 valence electrons. The van der Waals surface area contributed by atoms with Crippen LogP contribution < -0.4 is 5.32 Å². The maximum absolute atomic E-state index is 12.4. The van der Waals surface area contributed by atoms with Gasteiger partial charge >= 0.3 is 0 Å². The summed E-state index contributed by atoms with van der Waals surface area (Å²) in [6.45, 7) is 9.90. The van der Waals surface area contributed by atoms with Crippen molar-refractivity contribution in [2.45, 2.75) is 46.1 Å². The number of piperidine rings is 1. The molecule has 1 atom stereocenters. The molecule has 0 aliphatic carbocycles. The van der Waals surface area contributed by atoms with Gasteiger partial charge in [-0.1, -0.05) is 44.0 Å². The summed E-state index contributed by atoms with van der Waals surface area (Å²) < 4.78 is 0. The normalized spacial score (nSPS) is 19.6. The van der Waals surface area contributed by atoms with Gasteiger partial charge in [-0.25, -0.2) is 0 Å². The van der Waals surface area contributed by atoms with Gasteiger partial charge in [0, 0.05) is 28.2 Å². The fourth-order valence-corrected chi connectivity index (χ4v) is 3.35. The van der Waals surface area contributed by atoms with Crippen LogP contribution in [0.5, 0.6) is 0 Å². The van der Waals surface area contributed by atoms with Crippen molar-refractivity contribution in [2.24, 2.45) is 5.41 Å². The molecule has 1 saturated heterocycles. The maximum atomic E-state index is 12.4. The van der Waals surface area contributed by atoms with E-state index in [9.17, 15) is 4.79 Å². The molecule has 2 rings (SSSR count). The lowest BCUT2D eigenvalue weighted by Crippen LogP contribution is -2.48. The highest BCUT2D eigenvalue weighted by Crippen LogP contribution is 2.21. The van der Waals surface area contributed by atoms with Crippen LogP contribution in [0, 0.1) is 5.41 Å². The van der Waals surface area contributed by atoms with E-state index >= 15 is 0 Å². The van der Waals surface area contributed by atoms with Crippen LogP contribution in [0.25, 0.3) is 0 Å². The van der Waals surface area contributed by atoms with Crippen LogP contribution in [0.2, 0.25) is 10.0 Å². The van der Waals surface area contributed by atoms with Crippen LogP contribution in [0.15, 0.2) is 18.2 Å². The minimum atomic E-state index is -0.0999. The SMILES string of the molecule is CC(C)(C)CCN1CCC[C@H](NC(=O)c2cc(Cl)cc(Cl)c2)C1. The van der Waals surface area contributed by atoms with Crippen molar-refractivity contribution in [3.8, 4) is 0 Å². The van der Waals surface area contributed by atoms with Gasteiger partial charge in [0.15, 0.2) is 0 Å². The quantitative estimate of drug-likeness (QED) is 0.853. The zero-order valence-corrected chi connectivity index (χ0v) is 15.7. The third-order valence-corrected chi connectivity index (χ3v) is 4.58. The summed E-state index contributed by atoms with van der Waals surface area (Å²) in [4.78, 5) is 14.8. The number of carbonyl (C=O) groups is 1. The number of hydrogen-bond acceptors (Lipinski definition) is 2. The summed E-state index contributed by atoms with van der Waals surface area (Å²) in [5.74, 6) is -0.0999. The molecule has 1 heterocycles. The number of rotatable bonds is 4. The Morgan fingerprint density at radius 3 is 2.52 bits per heavy atom. The zero-order valence-electron chi connectivity index (χ0n) is 14.2.